The summed E-state index contributed by atoms with van der Waals surface area (Å²) >= 11 is 0. The lowest BCUT2D eigenvalue weighted by molar-refractivity contribution is -0.140. The number of carbonyl (C=O) groups excluding carboxylic acids is 1. The summed E-state index contributed by atoms with van der Waals surface area (Å²) in [6.07, 6.45) is -4.38. The molecular formula is C12H15ClF4N2O. The van der Waals surface area contributed by atoms with Crippen LogP contribution in [0.4, 0.5) is 17.6 Å². The van der Waals surface area contributed by atoms with Gasteiger partial charge in [0, 0.05) is 12.6 Å². The molecule has 0 saturated heterocycles. The highest BCUT2D eigenvalue weighted by molar-refractivity contribution is 5.94. The van der Waals surface area contributed by atoms with Gasteiger partial charge < -0.3 is 11.1 Å². The van der Waals surface area contributed by atoms with Crippen LogP contribution >= 0.6 is 12.4 Å². The molecule has 1 amide bonds. The van der Waals surface area contributed by atoms with E-state index in [4.69, 9.17) is 5.73 Å². The van der Waals surface area contributed by atoms with Gasteiger partial charge in [-0.25, -0.2) is 4.39 Å². The summed E-state index contributed by atoms with van der Waals surface area (Å²) in [6.45, 7) is 1.89. The topological polar surface area (TPSA) is 55.1 Å². The van der Waals surface area contributed by atoms with Crippen LogP contribution in [0.1, 0.15) is 29.3 Å². The van der Waals surface area contributed by atoms with Crippen LogP contribution in [0.15, 0.2) is 18.2 Å². The predicted octanol–water partition coefficient (Wildman–Crippen LogP) is 2.73. The number of nitrogens with two attached hydrogens (primary N) is 1. The Bertz CT molecular complexity index is 463. The van der Waals surface area contributed by atoms with E-state index in [1.54, 1.807) is 6.92 Å². The number of amides is 1. The monoisotopic (exact) mass is 314 g/mol. The van der Waals surface area contributed by atoms with E-state index in [0.717, 1.165) is 12.1 Å². The molecule has 0 fully saturated rings. The maximum absolute atomic E-state index is 13.6. The lowest BCUT2D eigenvalue weighted by atomic mass is 10.1. The molecule has 3 nitrogen and oxygen atoms in total. The first-order chi connectivity index (χ1) is 8.73. The van der Waals surface area contributed by atoms with Gasteiger partial charge in [-0.05, 0) is 25.5 Å². The van der Waals surface area contributed by atoms with E-state index in [9.17, 15) is 22.4 Å². The van der Waals surface area contributed by atoms with Crippen molar-refractivity contribution in [3.63, 3.8) is 0 Å². The van der Waals surface area contributed by atoms with Gasteiger partial charge in [-0.1, -0.05) is 6.07 Å². The molecule has 0 heterocycles. The summed E-state index contributed by atoms with van der Waals surface area (Å²) in [4.78, 5) is 11.6. The Hall–Kier alpha value is -1.34. The van der Waals surface area contributed by atoms with Gasteiger partial charge in [-0.3, -0.25) is 4.79 Å². The van der Waals surface area contributed by atoms with Crippen molar-refractivity contribution in [2.45, 2.75) is 25.6 Å². The fraction of sp³-hybridized carbons (Fsp3) is 0.417. The van der Waals surface area contributed by atoms with Gasteiger partial charge >= 0.3 is 6.18 Å². The van der Waals surface area contributed by atoms with Crippen LogP contribution in [0.2, 0.25) is 0 Å². The Morgan fingerprint density at radius 3 is 2.50 bits per heavy atom. The van der Waals surface area contributed by atoms with E-state index in [2.05, 4.69) is 5.32 Å². The summed E-state index contributed by atoms with van der Waals surface area (Å²) in [5.41, 5.74) is 3.38. The minimum Gasteiger partial charge on any atom is -0.352 e. The second-order valence-corrected chi connectivity index (χ2v) is 4.19. The number of hydrogen-bond acceptors (Lipinski definition) is 2. The molecule has 0 aromatic heterocycles. The highest BCUT2D eigenvalue weighted by atomic mass is 35.5. The second-order valence-electron chi connectivity index (χ2n) is 4.19. The van der Waals surface area contributed by atoms with Crippen molar-refractivity contribution in [3.05, 3.63) is 35.1 Å². The average Bonchev–Trinajstić information content (AvgIpc) is 2.26. The van der Waals surface area contributed by atoms with Crippen molar-refractivity contribution in [1.82, 2.24) is 5.32 Å². The molecule has 0 aliphatic heterocycles. The van der Waals surface area contributed by atoms with Crippen molar-refractivity contribution in [3.8, 4) is 0 Å². The number of halogens is 5. The van der Waals surface area contributed by atoms with Crippen molar-refractivity contribution in [1.29, 1.82) is 0 Å². The Balaban J connectivity index is 0.00000361. The maximum atomic E-state index is 13.6. The molecular weight excluding hydrogens is 300 g/mol. The predicted molar refractivity (Wildman–Crippen MR) is 69.2 cm³/mol. The summed E-state index contributed by atoms with van der Waals surface area (Å²) < 4.78 is 51.0. The first-order valence-electron chi connectivity index (χ1n) is 5.63. The summed E-state index contributed by atoms with van der Waals surface area (Å²) in [6, 6.07) is 2.43. The number of carbonyl (C=O) groups is 1. The molecule has 1 atom stereocenters. The second kappa shape index (κ2) is 7.44. The SMILES string of the molecule is CC(N)CCNC(=O)c1cccc(C(F)(F)F)c1F.Cl. The van der Waals surface area contributed by atoms with Gasteiger partial charge in [-0.2, -0.15) is 13.2 Å². The van der Waals surface area contributed by atoms with Crippen molar-refractivity contribution >= 4 is 18.3 Å². The first-order valence-corrected chi connectivity index (χ1v) is 5.63. The van der Waals surface area contributed by atoms with Gasteiger partial charge in [0.25, 0.3) is 5.91 Å². The molecule has 0 bridgehead atoms. The molecule has 1 aromatic carbocycles. The maximum Gasteiger partial charge on any atom is 0.419 e. The molecule has 1 rings (SSSR count). The third-order valence-electron chi connectivity index (χ3n) is 2.43. The molecule has 20 heavy (non-hydrogen) atoms. The van der Waals surface area contributed by atoms with E-state index >= 15 is 0 Å². The van der Waals surface area contributed by atoms with Gasteiger partial charge in [0.1, 0.15) is 5.82 Å². The zero-order chi connectivity index (χ0) is 14.6. The quantitative estimate of drug-likeness (QED) is 0.840. The van der Waals surface area contributed by atoms with E-state index in [1.807, 2.05) is 0 Å². The minimum atomic E-state index is -4.83. The highest BCUT2D eigenvalue weighted by Crippen LogP contribution is 2.32. The summed E-state index contributed by atoms with van der Waals surface area (Å²) in [7, 11) is 0. The fourth-order valence-corrected chi connectivity index (χ4v) is 1.43. The third-order valence-corrected chi connectivity index (χ3v) is 2.43. The molecule has 3 N–H and O–H groups in total. The van der Waals surface area contributed by atoms with Gasteiger partial charge in [0.15, 0.2) is 0 Å². The zero-order valence-electron chi connectivity index (χ0n) is 10.6. The Labute approximate surface area is 119 Å². The lowest BCUT2D eigenvalue weighted by Gasteiger charge is -2.11. The van der Waals surface area contributed by atoms with Crippen LogP contribution in [-0.2, 0) is 6.18 Å². The molecule has 0 aliphatic rings. The largest absolute Gasteiger partial charge is 0.419 e. The number of hydrogen-bond donors (Lipinski definition) is 2. The summed E-state index contributed by atoms with van der Waals surface area (Å²) in [5, 5.41) is 2.32. The van der Waals surface area contributed by atoms with E-state index in [1.165, 1.54) is 0 Å². The average molecular weight is 315 g/mol. The number of alkyl halides is 3. The molecule has 0 saturated carbocycles. The third kappa shape index (κ3) is 4.97. The normalized spacial score (nSPS) is 12.5. The fourth-order valence-electron chi connectivity index (χ4n) is 1.43. The molecule has 0 radical (unpaired) electrons. The van der Waals surface area contributed by atoms with Gasteiger partial charge in [-0.15, -0.1) is 12.4 Å². The first kappa shape index (κ1) is 18.7. The summed E-state index contributed by atoms with van der Waals surface area (Å²) in [5.74, 6) is -2.45. The van der Waals surface area contributed by atoms with Crippen LogP contribution in [0.25, 0.3) is 0 Å². The number of rotatable bonds is 4. The number of nitrogens with one attached hydrogen (secondary N) is 1. The molecule has 1 unspecified atom stereocenters. The van der Waals surface area contributed by atoms with Gasteiger partial charge in [0.2, 0.25) is 0 Å². The van der Waals surface area contributed by atoms with Crippen LogP contribution in [0.3, 0.4) is 0 Å². The Kier molecular flexibility index (Phi) is 6.95. The van der Waals surface area contributed by atoms with Crippen molar-refractivity contribution < 1.29 is 22.4 Å². The van der Waals surface area contributed by atoms with E-state index in [0.29, 0.717) is 12.5 Å². The van der Waals surface area contributed by atoms with Crippen LogP contribution in [0.5, 0.6) is 0 Å². The van der Waals surface area contributed by atoms with Gasteiger partial charge in [0.05, 0.1) is 11.1 Å². The zero-order valence-corrected chi connectivity index (χ0v) is 11.4. The Morgan fingerprint density at radius 1 is 1.40 bits per heavy atom. The smallest absolute Gasteiger partial charge is 0.352 e. The molecule has 0 spiro atoms. The van der Waals surface area contributed by atoms with E-state index in [-0.39, 0.29) is 25.0 Å². The number of benzene rings is 1. The Morgan fingerprint density at radius 2 is 2.00 bits per heavy atom. The standard InChI is InChI=1S/C12H14F4N2O.ClH/c1-7(17)5-6-18-11(19)8-3-2-4-9(10(8)13)12(14,15)16;/h2-4,7H,5-6,17H2,1H3,(H,18,19);1H. The van der Waals surface area contributed by atoms with Crippen LogP contribution in [-0.4, -0.2) is 18.5 Å². The molecule has 114 valence electrons. The molecule has 8 heteroatoms. The van der Waals surface area contributed by atoms with Crippen molar-refractivity contribution in [2.24, 2.45) is 5.73 Å². The van der Waals surface area contributed by atoms with Crippen LogP contribution in [0, 0.1) is 5.82 Å². The highest BCUT2D eigenvalue weighted by Gasteiger charge is 2.35. The van der Waals surface area contributed by atoms with Crippen LogP contribution < -0.4 is 11.1 Å². The van der Waals surface area contributed by atoms with Crippen molar-refractivity contribution in [2.75, 3.05) is 6.54 Å². The molecule has 0 aliphatic carbocycles. The molecule has 1 aromatic rings. The van der Waals surface area contributed by atoms with E-state index < -0.39 is 29.0 Å². The lowest BCUT2D eigenvalue weighted by Crippen LogP contribution is -2.30. The minimum absolute atomic E-state index is 0.